The Bertz CT molecular complexity index is 2710. The molecule has 1 fully saturated rings. The van der Waals surface area contributed by atoms with Crippen molar-refractivity contribution in [2.45, 2.75) is 229 Å². The fourth-order valence-corrected chi connectivity index (χ4v) is 11.3. The van der Waals surface area contributed by atoms with Crippen LogP contribution in [0.25, 0.3) is 6.08 Å². The van der Waals surface area contributed by atoms with Gasteiger partial charge in [0.05, 0.1) is 18.8 Å². The number of likely N-dealkylation sites (N-methyl/N-ethyl adjacent to an activating group) is 6. The Morgan fingerprint density at radius 2 is 0.925 bits per heavy atom. The molecule has 0 radical (unpaired) electrons. The number of esters is 1. The Morgan fingerprint density at radius 3 is 1.35 bits per heavy atom. The Hall–Kier alpha value is -7.09. The van der Waals surface area contributed by atoms with Crippen molar-refractivity contribution in [1.29, 1.82) is 0 Å². The summed E-state index contributed by atoms with van der Waals surface area (Å²) in [6.07, 6.45) is 2.17. The van der Waals surface area contributed by atoms with Crippen LogP contribution in [0.2, 0.25) is 0 Å². The zero-order valence-electron chi connectivity index (χ0n) is 59.8. The topological polar surface area (TPSA) is 331 Å². The molecule has 0 unspecified atom stereocenters. The van der Waals surface area contributed by atoms with Gasteiger partial charge in [0.1, 0.15) is 54.4 Å². The van der Waals surface area contributed by atoms with Gasteiger partial charge in [0, 0.05) is 54.7 Å². The molecular weight excluding hydrogens is 1200 g/mol. The molecule has 10 amide bonds. The second kappa shape index (κ2) is 37.7. The summed E-state index contributed by atoms with van der Waals surface area (Å²) in [7, 11) is 8.07. The Morgan fingerprint density at radius 1 is 0.505 bits per heavy atom. The second-order valence-electron chi connectivity index (χ2n) is 28.2. The summed E-state index contributed by atoms with van der Waals surface area (Å²) in [5, 5.41) is 34.6. The summed E-state index contributed by atoms with van der Waals surface area (Å²) in [5.41, 5.74) is 0. The van der Waals surface area contributed by atoms with Gasteiger partial charge in [-0.3, -0.25) is 47.9 Å². The molecule has 0 saturated carbocycles. The number of nitrogens with one attached hydrogen (secondary N) is 4. The van der Waals surface area contributed by atoms with Gasteiger partial charge < -0.3 is 65.6 Å². The summed E-state index contributed by atoms with van der Waals surface area (Å²) < 4.78 is 5.90. The molecule has 1 aliphatic rings. The average molecular weight is 1310 g/mol. The number of carbonyl (C=O) groups is 11. The first kappa shape index (κ1) is 82.0. The van der Waals surface area contributed by atoms with E-state index < -0.39 is 162 Å². The van der Waals surface area contributed by atoms with Crippen molar-refractivity contribution < 1.29 is 67.7 Å². The molecule has 1 aromatic rings. The second-order valence-corrected chi connectivity index (χ2v) is 28.2. The number of aliphatic hydroxyl groups is 2. The number of rotatable bonds is 18. The van der Waals surface area contributed by atoms with Crippen LogP contribution in [0.5, 0.6) is 0 Å². The summed E-state index contributed by atoms with van der Waals surface area (Å²) in [6, 6.07) is -10.8. The monoisotopic (exact) mass is 1310 g/mol. The molecule has 0 spiro atoms. The van der Waals surface area contributed by atoms with Crippen LogP contribution in [0.15, 0.2) is 24.5 Å². The van der Waals surface area contributed by atoms with Crippen molar-refractivity contribution >= 4 is 71.1 Å². The number of hydrogen-bond acceptors (Lipinski definition) is 16. The molecule has 93 heavy (non-hydrogen) atoms. The molecule has 26 nitrogen and oxygen atoms in total. The van der Waals surface area contributed by atoms with E-state index in [0.717, 1.165) is 14.7 Å². The minimum Gasteiger partial charge on any atom is -0.450 e. The molecule has 1 saturated heterocycles. The highest BCUT2D eigenvalue weighted by Gasteiger charge is 2.46. The Balaban J connectivity index is 3.04. The molecule has 0 bridgehead atoms. The first-order valence-electron chi connectivity index (χ1n) is 32.9. The van der Waals surface area contributed by atoms with E-state index in [0.29, 0.717) is 5.82 Å². The summed E-state index contributed by atoms with van der Waals surface area (Å²) in [6.45, 7) is 28.6. The van der Waals surface area contributed by atoms with Crippen LogP contribution in [0.1, 0.15) is 162 Å². The van der Waals surface area contributed by atoms with E-state index in [2.05, 4.69) is 31.2 Å². The van der Waals surface area contributed by atoms with Gasteiger partial charge in [-0.25, -0.2) is 14.8 Å². The quantitative estimate of drug-likeness (QED) is 0.115. The van der Waals surface area contributed by atoms with Crippen molar-refractivity contribution in [3.05, 3.63) is 30.4 Å². The minimum absolute atomic E-state index is 0.0631. The lowest BCUT2D eigenvalue weighted by Gasteiger charge is -2.40. The lowest BCUT2D eigenvalue weighted by molar-refractivity contribution is -0.166. The third-order valence-corrected chi connectivity index (χ3v) is 16.7. The lowest BCUT2D eigenvalue weighted by atomic mass is 9.91. The van der Waals surface area contributed by atoms with Crippen LogP contribution in [0.3, 0.4) is 0 Å². The number of amides is 10. The van der Waals surface area contributed by atoms with Crippen LogP contribution in [0, 0.1) is 47.3 Å². The lowest BCUT2D eigenvalue weighted by Crippen LogP contribution is -2.64. The number of allylic oxidation sites excluding steroid dienone is 1. The molecular formula is C67H114N12O14. The molecule has 1 aromatic heterocycles. The zero-order chi connectivity index (χ0) is 71.4. The van der Waals surface area contributed by atoms with Crippen LogP contribution in [-0.2, 0) is 57.5 Å². The zero-order valence-corrected chi connectivity index (χ0v) is 59.8. The van der Waals surface area contributed by atoms with Crippen molar-refractivity contribution in [3.8, 4) is 0 Å². The summed E-state index contributed by atoms with van der Waals surface area (Å²) in [4.78, 5) is 177. The first-order valence-corrected chi connectivity index (χ1v) is 32.9. The van der Waals surface area contributed by atoms with Gasteiger partial charge in [0.25, 0.3) is 5.91 Å². The van der Waals surface area contributed by atoms with Gasteiger partial charge in [-0.05, 0) is 112 Å². The maximum Gasteiger partial charge on any atom is 0.329 e. The molecule has 2 rings (SSSR count). The molecule has 526 valence electrons. The normalized spacial score (nSPS) is 25.9. The van der Waals surface area contributed by atoms with E-state index in [1.165, 1.54) is 70.8 Å². The van der Waals surface area contributed by atoms with E-state index in [9.17, 15) is 48.6 Å². The minimum atomic E-state index is -1.81. The molecule has 6 N–H and O–H groups in total. The molecule has 0 aromatic carbocycles. The first-order chi connectivity index (χ1) is 43.1. The van der Waals surface area contributed by atoms with Gasteiger partial charge in [-0.1, -0.05) is 110 Å². The van der Waals surface area contributed by atoms with Crippen LogP contribution >= 0.6 is 0 Å². The largest absolute Gasteiger partial charge is 0.450 e. The number of hydrogen-bond donors (Lipinski definition) is 6. The fraction of sp³-hybridized carbons (Fsp3) is 0.746. The third-order valence-electron chi connectivity index (χ3n) is 16.7. The van der Waals surface area contributed by atoms with Crippen LogP contribution < -0.4 is 21.3 Å². The van der Waals surface area contributed by atoms with Crippen molar-refractivity contribution in [2.24, 2.45) is 47.3 Å². The van der Waals surface area contributed by atoms with Gasteiger partial charge >= 0.3 is 5.97 Å². The standard InChI is InChI=1S/C67H114N12O14/c1-36(2)30-46-62(87)76(20)49(33-39(7)8)58(83)70-44(16)67(92)93-57(42(13)14)66(91)77(21)50(34-40(9)10)60(85)72-47(31-37(3)4)63(88)78(22)54(41(11)12)65(90)79(23)55(56(82)43(15)26-24-27-51-68-28-25-29-69-51)61(86)73-53(45(17)80)64(89)74(18)35-52(81)75(19)48(32-38(5)6)59(84)71-46/h24-25,27-29,36-50,53-57,80,82H,26,30-35H2,1-23H3,(H,70,83)(H,71,84)(H,72,85)(H,73,86)/b27-24+/t43-,44+,45-,46+,47+,48+,49+,50+,53+,54+,55+,56-,57-/m1/s1. The third kappa shape index (κ3) is 24.3. The van der Waals surface area contributed by atoms with Crippen molar-refractivity contribution in [2.75, 3.05) is 48.8 Å². The number of nitrogens with zero attached hydrogens (tertiary/aromatic N) is 8. The predicted octanol–water partition coefficient (Wildman–Crippen LogP) is 3.28. The predicted molar refractivity (Wildman–Crippen MR) is 353 cm³/mol. The van der Waals surface area contributed by atoms with E-state index in [-0.39, 0.29) is 68.1 Å². The van der Waals surface area contributed by atoms with E-state index in [1.54, 1.807) is 65.2 Å². The highest BCUT2D eigenvalue weighted by Crippen LogP contribution is 2.25. The van der Waals surface area contributed by atoms with Gasteiger partial charge in [0.2, 0.25) is 53.2 Å². The average Bonchev–Trinajstić information content (AvgIpc) is 1.05. The van der Waals surface area contributed by atoms with E-state index in [4.69, 9.17) is 4.74 Å². The molecule has 13 atom stereocenters. The highest BCUT2D eigenvalue weighted by molar-refractivity contribution is 5.99. The molecule has 1 aliphatic heterocycles. The fourth-order valence-electron chi connectivity index (χ4n) is 11.3. The van der Waals surface area contributed by atoms with Crippen molar-refractivity contribution in [1.82, 2.24) is 60.6 Å². The highest BCUT2D eigenvalue weighted by atomic mass is 16.6. The number of cyclic esters (lactones) is 1. The summed E-state index contributed by atoms with van der Waals surface area (Å²) in [5.74, 6) is -11.6. The number of aromatic nitrogens is 2. The SMILES string of the molecule is CC(C)C[C@@H]1NC(=O)[C@H](CC(C)C)N(C)C(=O)[C@@H](C(C)C)OC(=O)[C@H](C)NC(=O)[C@H](CC(C)C)N(C)C(=O)[C@H](CC(C)C)NC(=O)[C@H](CC(C)C)N(C)C(=O)CN(C)C(=O)[C@H]([C@@H](C)O)NC(=O)[C@H]([C@H](O)[C@H](C)C/C=C/c2ncccn2)N(C)C(=O)[C@H](C(C)C)N(C)C1=O. The maximum absolute atomic E-state index is 15.3. The van der Waals surface area contributed by atoms with E-state index >= 15 is 14.4 Å². The van der Waals surface area contributed by atoms with Gasteiger partial charge in [0.15, 0.2) is 11.9 Å². The van der Waals surface area contributed by atoms with Crippen LogP contribution in [-0.4, -0.2) is 236 Å². The molecule has 0 aliphatic carbocycles. The van der Waals surface area contributed by atoms with E-state index in [1.807, 2.05) is 69.2 Å². The Labute approximate surface area is 552 Å². The maximum atomic E-state index is 15.3. The number of ether oxygens (including phenoxy) is 1. The number of aliphatic hydroxyl groups excluding tert-OH is 2. The van der Waals surface area contributed by atoms with Gasteiger partial charge in [-0.15, -0.1) is 0 Å². The number of carbonyl (C=O) groups excluding carboxylic acids is 11. The van der Waals surface area contributed by atoms with Crippen LogP contribution in [0.4, 0.5) is 0 Å². The summed E-state index contributed by atoms with van der Waals surface area (Å²) >= 11 is 0. The Kier molecular flexibility index (Phi) is 33.3. The van der Waals surface area contributed by atoms with Gasteiger partial charge in [-0.2, -0.15) is 0 Å². The molecule has 26 heteroatoms. The molecule has 2 heterocycles. The van der Waals surface area contributed by atoms with Crippen molar-refractivity contribution in [3.63, 3.8) is 0 Å². The smallest absolute Gasteiger partial charge is 0.329 e.